The summed E-state index contributed by atoms with van der Waals surface area (Å²) in [7, 11) is 0. The molecule has 0 saturated heterocycles. The van der Waals surface area contributed by atoms with Crippen LogP contribution < -0.4 is 5.32 Å². The quantitative estimate of drug-likeness (QED) is 0.780. The lowest BCUT2D eigenvalue weighted by Crippen LogP contribution is -2.24. The van der Waals surface area contributed by atoms with Gasteiger partial charge in [0.05, 0.1) is 6.54 Å². The molecule has 0 fully saturated rings. The van der Waals surface area contributed by atoms with Crippen LogP contribution in [0.3, 0.4) is 0 Å². The Morgan fingerprint density at radius 1 is 1.24 bits per heavy atom. The van der Waals surface area contributed by atoms with Crippen molar-refractivity contribution in [3.63, 3.8) is 0 Å². The van der Waals surface area contributed by atoms with Crippen molar-refractivity contribution in [1.82, 2.24) is 20.5 Å². The van der Waals surface area contributed by atoms with Gasteiger partial charge in [0.2, 0.25) is 11.8 Å². The second-order valence-corrected chi connectivity index (χ2v) is 5.28. The summed E-state index contributed by atoms with van der Waals surface area (Å²) in [6.45, 7) is 0.512. The summed E-state index contributed by atoms with van der Waals surface area (Å²) in [5.41, 5.74) is 0.593. The fourth-order valence-corrected chi connectivity index (χ4v) is 2.36. The van der Waals surface area contributed by atoms with Gasteiger partial charge in [0.15, 0.2) is 0 Å². The highest BCUT2D eigenvalue weighted by atomic mass is 32.1. The first-order valence-electron chi connectivity index (χ1n) is 6.34. The fraction of sp³-hybridized carbons (Fsp3) is 0.143. The highest BCUT2D eigenvalue weighted by Crippen LogP contribution is 2.14. The molecule has 0 aliphatic carbocycles. The van der Waals surface area contributed by atoms with Crippen molar-refractivity contribution in [2.45, 2.75) is 13.0 Å². The van der Waals surface area contributed by atoms with Crippen molar-refractivity contribution in [1.29, 1.82) is 0 Å². The molecule has 0 bridgehead atoms. The van der Waals surface area contributed by atoms with E-state index < -0.39 is 0 Å². The van der Waals surface area contributed by atoms with Gasteiger partial charge in [0.25, 0.3) is 5.89 Å². The number of aromatic nitrogens is 3. The lowest BCUT2D eigenvalue weighted by molar-refractivity contribution is -0.120. The van der Waals surface area contributed by atoms with Crippen LogP contribution >= 0.6 is 11.3 Å². The molecule has 0 aromatic carbocycles. The van der Waals surface area contributed by atoms with Crippen molar-refractivity contribution < 1.29 is 9.21 Å². The van der Waals surface area contributed by atoms with Crippen molar-refractivity contribution in [3.8, 4) is 11.6 Å². The van der Waals surface area contributed by atoms with Crippen LogP contribution in [0.4, 0.5) is 0 Å². The number of thiophene rings is 1. The zero-order valence-electron chi connectivity index (χ0n) is 11.0. The molecule has 0 saturated carbocycles. The van der Waals surface area contributed by atoms with Crippen LogP contribution in [0.2, 0.25) is 0 Å². The molecule has 1 amide bonds. The number of rotatable bonds is 5. The highest BCUT2D eigenvalue weighted by Gasteiger charge is 2.12. The first-order valence-corrected chi connectivity index (χ1v) is 7.22. The molecule has 3 aromatic rings. The average molecular weight is 300 g/mol. The minimum absolute atomic E-state index is 0.0607. The Balaban J connectivity index is 1.58. The van der Waals surface area contributed by atoms with E-state index >= 15 is 0 Å². The first kappa shape index (κ1) is 13.4. The van der Waals surface area contributed by atoms with Gasteiger partial charge >= 0.3 is 0 Å². The van der Waals surface area contributed by atoms with Gasteiger partial charge in [-0.2, -0.15) is 0 Å². The molecule has 0 aliphatic heterocycles. The SMILES string of the molecule is O=C(Cc1nnc(-c2ccccn2)o1)NCc1cccs1. The summed E-state index contributed by atoms with van der Waals surface area (Å²) in [5, 5.41) is 12.5. The molecular formula is C14H12N4O2S. The summed E-state index contributed by atoms with van der Waals surface area (Å²) in [4.78, 5) is 17.0. The number of hydrogen-bond acceptors (Lipinski definition) is 6. The largest absolute Gasteiger partial charge is 0.419 e. The van der Waals surface area contributed by atoms with E-state index in [1.54, 1.807) is 29.7 Å². The topological polar surface area (TPSA) is 80.9 Å². The zero-order chi connectivity index (χ0) is 14.5. The maximum Gasteiger partial charge on any atom is 0.266 e. The molecule has 0 aliphatic rings. The lowest BCUT2D eigenvalue weighted by atomic mass is 10.3. The Morgan fingerprint density at radius 2 is 2.19 bits per heavy atom. The third kappa shape index (κ3) is 3.51. The van der Waals surface area contributed by atoms with Crippen molar-refractivity contribution in [2.75, 3.05) is 0 Å². The van der Waals surface area contributed by atoms with E-state index in [0.717, 1.165) is 4.88 Å². The van der Waals surface area contributed by atoms with Crippen LogP contribution in [0.5, 0.6) is 0 Å². The van der Waals surface area contributed by atoms with Gasteiger partial charge in [0.1, 0.15) is 12.1 Å². The van der Waals surface area contributed by atoms with E-state index in [-0.39, 0.29) is 18.2 Å². The summed E-state index contributed by atoms with van der Waals surface area (Å²) in [5.74, 6) is 0.440. The van der Waals surface area contributed by atoms with Crippen molar-refractivity contribution in [2.24, 2.45) is 0 Å². The average Bonchev–Trinajstić information content (AvgIpc) is 3.17. The molecule has 3 aromatic heterocycles. The first-order chi connectivity index (χ1) is 10.3. The smallest absolute Gasteiger partial charge is 0.266 e. The number of pyridine rings is 1. The molecule has 0 radical (unpaired) electrons. The van der Waals surface area contributed by atoms with Gasteiger partial charge in [-0.25, -0.2) is 0 Å². The van der Waals surface area contributed by atoms with Crippen LogP contribution in [-0.4, -0.2) is 21.1 Å². The van der Waals surface area contributed by atoms with Gasteiger partial charge in [0, 0.05) is 11.1 Å². The van der Waals surface area contributed by atoms with E-state index in [9.17, 15) is 4.79 Å². The Morgan fingerprint density at radius 3 is 2.95 bits per heavy atom. The summed E-state index contributed by atoms with van der Waals surface area (Å²) in [6, 6.07) is 9.33. The van der Waals surface area contributed by atoms with Crippen LogP contribution in [0.1, 0.15) is 10.8 Å². The molecule has 0 atom stereocenters. The number of hydrogen-bond donors (Lipinski definition) is 1. The molecule has 0 unspecified atom stereocenters. The van der Waals surface area contributed by atoms with Gasteiger partial charge in [-0.15, -0.1) is 21.5 Å². The Labute approximate surface area is 124 Å². The molecule has 0 spiro atoms. The molecule has 3 heterocycles. The standard InChI is InChI=1S/C14H12N4O2S/c19-12(16-9-10-4-3-7-21-10)8-13-17-18-14(20-13)11-5-1-2-6-15-11/h1-7H,8-9H2,(H,16,19). The van der Waals surface area contributed by atoms with Crippen LogP contribution in [0, 0.1) is 0 Å². The van der Waals surface area contributed by atoms with Gasteiger partial charge in [-0.1, -0.05) is 12.1 Å². The fourth-order valence-electron chi connectivity index (χ4n) is 1.72. The predicted molar refractivity (Wildman–Crippen MR) is 77.4 cm³/mol. The summed E-state index contributed by atoms with van der Waals surface area (Å²) in [6.07, 6.45) is 1.71. The van der Waals surface area contributed by atoms with E-state index in [1.807, 2.05) is 23.6 Å². The van der Waals surface area contributed by atoms with Crippen LogP contribution in [0.25, 0.3) is 11.6 Å². The minimum atomic E-state index is -0.153. The third-order valence-corrected chi connectivity index (χ3v) is 3.58. The number of carbonyl (C=O) groups is 1. The van der Waals surface area contributed by atoms with E-state index in [4.69, 9.17) is 4.42 Å². The maximum absolute atomic E-state index is 11.8. The van der Waals surface area contributed by atoms with Gasteiger partial charge in [-0.05, 0) is 23.6 Å². The molecule has 3 rings (SSSR count). The van der Waals surface area contributed by atoms with E-state index in [2.05, 4.69) is 20.5 Å². The molecule has 6 nitrogen and oxygen atoms in total. The minimum Gasteiger partial charge on any atom is -0.419 e. The Hall–Kier alpha value is -2.54. The maximum atomic E-state index is 11.8. The van der Waals surface area contributed by atoms with Crippen molar-refractivity contribution >= 4 is 17.2 Å². The van der Waals surface area contributed by atoms with E-state index in [1.165, 1.54) is 0 Å². The lowest BCUT2D eigenvalue weighted by Gasteiger charge is -2.00. The molecule has 106 valence electrons. The van der Waals surface area contributed by atoms with E-state index in [0.29, 0.717) is 18.1 Å². The Kier molecular flexibility index (Phi) is 4.02. The normalized spacial score (nSPS) is 10.5. The highest BCUT2D eigenvalue weighted by molar-refractivity contribution is 7.09. The molecule has 21 heavy (non-hydrogen) atoms. The van der Waals surface area contributed by atoms with Crippen LogP contribution in [-0.2, 0) is 17.8 Å². The zero-order valence-corrected chi connectivity index (χ0v) is 11.8. The number of nitrogens with zero attached hydrogens (tertiary/aromatic N) is 3. The van der Waals surface area contributed by atoms with Gasteiger partial charge in [-0.3, -0.25) is 9.78 Å². The second kappa shape index (κ2) is 6.27. The van der Waals surface area contributed by atoms with Gasteiger partial charge < -0.3 is 9.73 Å². The summed E-state index contributed by atoms with van der Waals surface area (Å²) < 4.78 is 5.43. The summed E-state index contributed by atoms with van der Waals surface area (Å²) >= 11 is 1.60. The van der Waals surface area contributed by atoms with Crippen molar-refractivity contribution in [3.05, 3.63) is 52.7 Å². The molecule has 7 heteroatoms. The Bertz CT molecular complexity index is 710. The molecular weight excluding hydrogens is 288 g/mol. The molecule has 1 N–H and O–H groups in total. The monoisotopic (exact) mass is 300 g/mol. The van der Waals surface area contributed by atoms with Crippen LogP contribution in [0.15, 0.2) is 46.3 Å². The number of amides is 1. The number of nitrogens with one attached hydrogen (secondary N) is 1. The number of carbonyl (C=O) groups excluding carboxylic acids is 1. The predicted octanol–water partition coefficient (Wildman–Crippen LogP) is 2.05. The second-order valence-electron chi connectivity index (χ2n) is 4.25. The third-order valence-electron chi connectivity index (χ3n) is 2.70.